The number of hydrazine groups is 1. The Bertz CT molecular complexity index is 457. The Morgan fingerprint density at radius 3 is 2.43 bits per heavy atom. The zero-order valence-corrected chi connectivity index (χ0v) is 12.4. The number of nitrogens with two attached hydrogens (primary N) is 1. The first-order valence-corrected chi connectivity index (χ1v) is 7.40. The van der Waals surface area contributed by atoms with Gasteiger partial charge >= 0.3 is 0 Å². The fourth-order valence-corrected chi connectivity index (χ4v) is 2.79. The summed E-state index contributed by atoms with van der Waals surface area (Å²) >= 11 is 0. The predicted octanol–water partition coefficient (Wildman–Crippen LogP) is 1.11. The number of amides is 1. The van der Waals surface area contributed by atoms with Gasteiger partial charge in [-0.25, -0.2) is 10.2 Å². The largest absolute Gasteiger partial charge is 0.369 e. The Morgan fingerprint density at radius 1 is 1.29 bits per heavy atom. The van der Waals surface area contributed by atoms with Crippen LogP contribution < -0.4 is 16.2 Å². The fraction of sp³-hybridized carbons (Fsp3) is 0.533. The first-order valence-electron chi connectivity index (χ1n) is 7.40. The Hall–Kier alpha value is -1.66. The van der Waals surface area contributed by atoms with Gasteiger partial charge in [0.15, 0.2) is 0 Å². The number of anilines is 1. The van der Waals surface area contributed by atoms with Gasteiger partial charge in [0, 0.05) is 31.9 Å². The molecule has 0 spiro atoms. The SMILES string of the molecule is CCC[C@H](C(=O)NN)N1CCN(c2ccc(F)cc2)CC1. The normalized spacial score (nSPS) is 17.6. The van der Waals surface area contributed by atoms with Gasteiger partial charge < -0.3 is 4.90 Å². The summed E-state index contributed by atoms with van der Waals surface area (Å²) in [6, 6.07) is 6.38. The first kappa shape index (κ1) is 15.7. The van der Waals surface area contributed by atoms with E-state index < -0.39 is 0 Å². The molecule has 6 heteroatoms. The Labute approximate surface area is 124 Å². The third kappa shape index (κ3) is 3.92. The molecule has 1 atom stereocenters. The monoisotopic (exact) mass is 294 g/mol. The van der Waals surface area contributed by atoms with E-state index in [1.165, 1.54) is 12.1 Å². The Morgan fingerprint density at radius 2 is 1.90 bits per heavy atom. The van der Waals surface area contributed by atoms with Crippen LogP contribution in [-0.4, -0.2) is 43.0 Å². The maximum atomic E-state index is 13.0. The minimum atomic E-state index is -0.222. The highest BCUT2D eigenvalue weighted by atomic mass is 19.1. The molecule has 0 bridgehead atoms. The third-order valence-corrected chi connectivity index (χ3v) is 3.95. The molecule has 1 aromatic rings. The van der Waals surface area contributed by atoms with Crippen LogP contribution in [0.1, 0.15) is 19.8 Å². The molecule has 1 aromatic carbocycles. The minimum Gasteiger partial charge on any atom is -0.369 e. The van der Waals surface area contributed by atoms with E-state index in [1.807, 2.05) is 0 Å². The molecular weight excluding hydrogens is 271 g/mol. The molecule has 116 valence electrons. The van der Waals surface area contributed by atoms with Crippen LogP contribution in [0.2, 0.25) is 0 Å². The quantitative estimate of drug-likeness (QED) is 0.485. The second-order valence-corrected chi connectivity index (χ2v) is 5.31. The topological polar surface area (TPSA) is 61.6 Å². The van der Waals surface area contributed by atoms with Gasteiger partial charge in [0.1, 0.15) is 5.82 Å². The summed E-state index contributed by atoms with van der Waals surface area (Å²) in [6.45, 7) is 5.31. The van der Waals surface area contributed by atoms with Crippen LogP contribution in [0.25, 0.3) is 0 Å². The van der Waals surface area contributed by atoms with E-state index in [4.69, 9.17) is 5.84 Å². The molecule has 1 aliphatic heterocycles. The number of benzene rings is 1. The zero-order valence-electron chi connectivity index (χ0n) is 12.4. The number of carbonyl (C=O) groups excluding carboxylic acids is 1. The van der Waals surface area contributed by atoms with Crippen molar-refractivity contribution in [1.29, 1.82) is 0 Å². The van der Waals surface area contributed by atoms with Gasteiger partial charge in [-0.2, -0.15) is 0 Å². The number of hydrogen-bond donors (Lipinski definition) is 2. The molecule has 0 unspecified atom stereocenters. The van der Waals surface area contributed by atoms with Crippen molar-refractivity contribution in [1.82, 2.24) is 10.3 Å². The molecule has 1 aliphatic rings. The Balaban J connectivity index is 1.95. The molecule has 1 amide bonds. The standard InChI is InChI=1S/C15H23FN4O/c1-2-3-14(15(21)18-17)20-10-8-19(9-11-20)13-6-4-12(16)5-7-13/h4-7,14H,2-3,8-11,17H2,1H3,(H,18,21)/t14-/m1/s1. The van der Waals surface area contributed by atoms with Crippen LogP contribution in [0.4, 0.5) is 10.1 Å². The van der Waals surface area contributed by atoms with Crippen molar-refractivity contribution < 1.29 is 9.18 Å². The lowest BCUT2D eigenvalue weighted by Crippen LogP contribution is -2.56. The maximum absolute atomic E-state index is 13.0. The highest BCUT2D eigenvalue weighted by Gasteiger charge is 2.27. The van der Waals surface area contributed by atoms with Crippen molar-refractivity contribution in [3.63, 3.8) is 0 Å². The second kappa shape index (κ2) is 7.38. The number of nitrogens with one attached hydrogen (secondary N) is 1. The van der Waals surface area contributed by atoms with Crippen LogP contribution in [0.15, 0.2) is 24.3 Å². The first-order chi connectivity index (χ1) is 10.2. The maximum Gasteiger partial charge on any atom is 0.251 e. The number of rotatable bonds is 5. The fourth-order valence-electron chi connectivity index (χ4n) is 2.79. The molecule has 1 heterocycles. The van der Waals surface area contributed by atoms with E-state index in [0.29, 0.717) is 0 Å². The van der Waals surface area contributed by atoms with E-state index >= 15 is 0 Å². The molecule has 0 saturated carbocycles. The van der Waals surface area contributed by atoms with Crippen molar-refractivity contribution in [3.8, 4) is 0 Å². The van der Waals surface area contributed by atoms with Crippen molar-refractivity contribution in [3.05, 3.63) is 30.1 Å². The summed E-state index contributed by atoms with van der Waals surface area (Å²) in [5.74, 6) is 4.93. The molecule has 1 fully saturated rings. The van der Waals surface area contributed by atoms with Gasteiger partial charge in [0.05, 0.1) is 6.04 Å². The lowest BCUT2D eigenvalue weighted by atomic mass is 10.1. The summed E-state index contributed by atoms with van der Waals surface area (Å²) in [4.78, 5) is 16.2. The molecule has 0 aliphatic carbocycles. The third-order valence-electron chi connectivity index (χ3n) is 3.95. The number of piperazine rings is 1. The van der Waals surface area contributed by atoms with Crippen molar-refractivity contribution in [2.45, 2.75) is 25.8 Å². The van der Waals surface area contributed by atoms with Crippen LogP contribution in [0, 0.1) is 5.82 Å². The lowest BCUT2D eigenvalue weighted by Gasteiger charge is -2.39. The van der Waals surface area contributed by atoms with Crippen LogP contribution >= 0.6 is 0 Å². The van der Waals surface area contributed by atoms with Gasteiger partial charge in [-0.15, -0.1) is 0 Å². The number of nitrogens with zero attached hydrogens (tertiary/aromatic N) is 2. The van der Waals surface area contributed by atoms with Crippen LogP contribution in [-0.2, 0) is 4.79 Å². The lowest BCUT2D eigenvalue weighted by molar-refractivity contribution is -0.127. The average Bonchev–Trinajstić information content (AvgIpc) is 2.53. The molecule has 2 rings (SSSR count). The van der Waals surface area contributed by atoms with E-state index in [2.05, 4.69) is 22.1 Å². The molecule has 21 heavy (non-hydrogen) atoms. The van der Waals surface area contributed by atoms with E-state index in [9.17, 15) is 9.18 Å². The summed E-state index contributed by atoms with van der Waals surface area (Å²) in [5.41, 5.74) is 3.28. The number of halogens is 1. The van der Waals surface area contributed by atoms with Gasteiger partial charge in [-0.05, 0) is 30.7 Å². The van der Waals surface area contributed by atoms with Crippen molar-refractivity contribution in [2.24, 2.45) is 5.84 Å². The van der Waals surface area contributed by atoms with E-state index in [0.717, 1.165) is 44.7 Å². The van der Waals surface area contributed by atoms with E-state index in [1.54, 1.807) is 12.1 Å². The van der Waals surface area contributed by atoms with Crippen molar-refractivity contribution >= 4 is 11.6 Å². The minimum absolute atomic E-state index is 0.118. The highest BCUT2D eigenvalue weighted by molar-refractivity contribution is 5.81. The van der Waals surface area contributed by atoms with E-state index in [-0.39, 0.29) is 17.8 Å². The van der Waals surface area contributed by atoms with Crippen molar-refractivity contribution in [2.75, 3.05) is 31.1 Å². The molecule has 5 nitrogen and oxygen atoms in total. The van der Waals surface area contributed by atoms with Gasteiger partial charge in [0.25, 0.3) is 5.91 Å². The highest BCUT2D eigenvalue weighted by Crippen LogP contribution is 2.18. The van der Waals surface area contributed by atoms with Gasteiger partial charge in [-0.1, -0.05) is 13.3 Å². The molecule has 3 N–H and O–H groups in total. The van der Waals surface area contributed by atoms with Crippen LogP contribution in [0.3, 0.4) is 0 Å². The molecular formula is C15H23FN4O. The zero-order chi connectivity index (χ0) is 15.2. The smallest absolute Gasteiger partial charge is 0.251 e. The number of carbonyl (C=O) groups is 1. The summed E-state index contributed by atoms with van der Waals surface area (Å²) in [5, 5.41) is 0. The summed E-state index contributed by atoms with van der Waals surface area (Å²) < 4.78 is 13.0. The second-order valence-electron chi connectivity index (χ2n) is 5.31. The summed E-state index contributed by atoms with van der Waals surface area (Å²) in [7, 11) is 0. The number of hydrogen-bond acceptors (Lipinski definition) is 4. The predicted molar refractivity (Wildman–Crippen MR) is 81.2 cm³/mol. The van der Waals surface area contributed by atoms with Gasteiger partial charge in [0.2, 0.25) is 0 Å². The molecule has 1 saturated heterocycles. The van der Waals surface area contributed by atoms with Crippen LogP contribution in [0.5, 0.6) is 0 Å². The summed E-state index contributed by atoms with van der Waals surface area (Å²) in [6.07, 6.45) is 1.75. The Kier molecular flexibility index (Phi) is 5.52. The molecule has 0 radical (unpaired) electrons. The average molecular weight is 294 g/mol. The molecule has 0 aromatic heterocycles. The van der Waals surface area contributed by atoms with Gasteiger partial charge in [-0.3, -0.25) is 15.1 Å².